The molecule has 1 heterocycles. The van der Waals surface area contributed by atoms with E-state index in [-0.39, 0.29) is 29.0 Å². The molecule has 0 atom stereocenters. The van der Waals surface area contributed by atoms with Gasteiger partial charge in [-0.25, -0.2) is 9.18 Å². The largest absolute Gasteiger partial charge is 0.431 e. The van der Waals surface area contributed by atoms with Crippen molar-refractivity contribution >= 4 is 29.3 Å². The fourth-order valence-electron chi connectivity index (χ4n) is 2.48. The molecule has 31 heavy (non-hydrogen) atoms. The van der Waals surface area contributed by atoms with Crippen molar-refractivity contribution in [2.75, 3.05) is 11.1 Å². The second-order valence-corrected chi connectivity index (χ2v) is 6.30. The molecule has 0 radical (unpaired) electrons. The molecular weight excluding hydrogens is 405 g/mol. The van der Waals surface area contributed by atoms with Crippen molar-refractivity contribution in [2.45, 2.75) is 6.54 Å². The van der Waals surface area contributed by atoms with Crippen LogP contribution >= 0.6 is 0 Å². The van der Waals surface area contributed by atoms with Crippen LogP contribution in [0.5, 0.6) is 0 Å². The molecule has 2 aromatic carbocycles. The third-order valence-electron chi connectivity index (χ3n) is 4.07. The molecule has 1 aromatic heterocycles. The van der Waals surface area contributed by atoms with Crippen LogP contribution in [0, 0.1) is 5.82 Å². The molecule has 9 nitrogen and oxygen atoms in total. The number of halogens is 1. The number of pyridine rings is 1. The number of anilines is 2. The number of hydroxylamine groups is 1. The number of nitrogens with two attached hydrogens (primary N) is 1. The zero-order chi connectivity index (χ0) is 22.2. The molecule has 10 heteroatoms. The van der Waals surface area contributed by atoms with E-state index < -0.39 is 23.7 Å². The van der Waals surface area contributed by atoms with Crippen LogP contribution in [-0.2, 0) is 11.4 Å². The quantitative estimate of drug-likeness (QED) is 0.368. The highest BCUT2D eigenvalue weighted by Crippen LogP contribution is 2.20. The first kappa shape index (κ1) is 21.2. The lowest BCUT2D eigenvalue weighted by atomic mass is 10.1. The summed E-state index contributed by atoms with van der Waals surface area (Å²) in [4.78, 5) is 44.6. The highest BCUT2D eigenvalue weighted by atomic mass is 19.1. The average Bonchev–Trinajstić information content (AvgIpc) is 2.78. The maximum Gasteiger partial charge on any atom is 0.431 e. The molecule has 3 aromatic rings. The smallest absolute Gasteiger partial charge is 0.397 e. The molecule has 158 valence electrons. The summed E-state index contributed by atoms with van der Waals surface area (Å²) in [7, 11) is 0. The lowest BCUT2D eigenvalue weighted by Crippen LogP contribution is -2.33. The molecule has 0 aliphatic heterocycles. The van der Waals surface area contributed by atoms with Crippen molar-refractivity contribution < 1.29 is 23.6 Å². The third-order valence-corrected chi connectivity index (χ3v) is 4.07. The van der Waals surface area contributed by atoms with Gasteiger partial charge in [0.25, 0.3) is 11.8 Å². The van der Waals surface area contributed by atoms with E-state index in [0.717, 1.165) is 11.6 Å². The molecule has 3 rings (SSSR count). The zero-order valence-electron chi connectivity index (χ0n) is 16.1. The third kappa shape index (κ3) is 6.00. The van der Waals surface area contributed by atoms with Gasteiger partial charge in [0.2, 0.25) is 0 Å². The topological polar surface area (TPSA) is 135 Å². The minimum atomic E-state index is -0.843. The minimum Gasteiger partial charge on any atom is -0.397 e. The predicted octanol–water partition coefficient (Wildman–Crippen LogP) is 2.63. The van der Waals surface area contributed by atoms with E-state index in [1.807, 2.05) is 5.48 Å². The fraction of sp³-hybridized carbons (Fsp3) is 0.0476. The number of nitrogens with one attached hydrogen (secondary N) is 3. The van der Waals surface area contributed by atoms with E-state index in [1.54, 1.807) is 24.5 Å². The standard InChI is InChI=1S/C21H18FN5O4/c22-16-7-8-18(17(23)10-16)26-19(28)14-3-5-15(6-4-14)20(29)27-31-21(30)25-12-13-2-1-9-24-11-13/h1-11H,12,23H2,(H,25,30)(H,26,28)(H,27,29). The van der Waals surface area contributed by atoms with Crippen molar-refractivity contribution in [2.24, 2.45) is 0 Å². The van der Waals surface area contributed by atoms with Crippen molar-refractivity contribution in [1.29, 1.82) is 0 Å². The van der Waals surface area contributed by atoms with Crippen LogP contribution in [0.3, 0.4) is 0 Å². The highest BCUT2D eigenvalue weighted by Gasteiger charge is 2.12. The second-order valence-electron chi connectivity index (χ2n) is 6.30. The van der Waals surface area contributed by atoms with E-state index in [4.69, 9.17) is 5.73 Å². The van der Waals surface area contributed by atoms with Gasteiger partial charge in [0, 0.05) is 30.1 Å². The maximum atomic E-state index is 13.1. The number of nitrogens with zero attached hydrogens (tertiary/aromatic N) is 1. The Kier molecular flexibility index (Phi) is 6.74. The van der Waals surface area contributed by atoms with Crippen LogP contribution in [0.25, 0.3) is 0 Å². The van der Waals surface area contributed by atoms with Crippen LogP contribution in [0.4, 0.5) is 20.6 Å². The Bertz CT molecular complexity index is 1090. The first-order valence-electron chi connectivity index (χ1n) is 9.03. The molecule has 5 N–H and O–H groups in total. The van der Waals surface area contributed by atoms with E-state index in [0.29, 0.717) is 0 Å². The molecule has 0 unspecified atom stereocenters. The zero-order valence-corrected chi connectivity index (χ0v) is 16.1. The van der Waals surface area contributed by atoms with Crippen LogP contribution in [0.15, 0.2) is 67.0 Å². The van der Waals surface area contributed by atoms with E-state index >= 15 is 0 Å². The number of hydrogen-bond acceptors (Lipinski definition) is 6. The normalized spacial score (nSPS) is 10.1. The summed E-state index contributed by atoms with van der Waals surface area (Å²) in [5.41, 5.74) is 9.21. The molecular formula is C21H18FN5O4. The van der Waals surface area contributed by atoms with Crippen molar-refractivity contribution in [1.82, 2.24) is 15.8 Å². The van der Waals surface area contributed by atoms with Gasteiger partial charge >= 0.3 is 6.09 Å². The van der Waals surface area contributed by atoms with Gasteiger partial charge in [-0.2, -0.15) is 5.48 Å². The first-order chi connectivity index (χ1) is 14.9. The molecule has 0 fully saturated rings. The molecule has 0 bridgehead atoms. The number of carbonyl (C=O) groups is 3. The Labute approximate surface area is 176 Å². The molecule has 0 aliphatic carbocycles. The highest BCUT2D eigenvalue weighted by molar-refractivity contribution is 6.06. The summed E-state index contributed by atoms with van der Waals surface area (Å²) >= 11 is 0. The number of hydrogen-bond donors (Lipinski definition) is 4. The van der Waals surface area contributed by atoms with Crippen LogP contribution in [0.2, 0.25) is 0 Å². The average molecular weight is 423 g/mol. The van der Waals surface area contributed by atoms with E-state index in [2.05, 4.69) is 20.5 Å². The van der Waals surface area contributed by atoms with Gasteiger partial charge in [0.05, 0.1) is 11.4 Å². The van der Waals surface area contributed by atoms with Gasteiger partial charge in [-0.3, -0.25) is 14.6 Å². The summed E-state index contributed by atoms with van der Waals surface area (Å²) in [5, 5.41) is 5.02. The lowest BCUT2D eigenvalue weighted by molar-refractivity contribution is 0.0571. The number of benzene rings is 2. The Morgan fingerprint density at radius 1 is 1.00 bits per heavy atom. The number of carbonyl (C=O) groups excluding carboxylic acids is 3. The molecule has 0 saturated heterocycles. The summed E-state index contributed by atoms with van der Waals surface area (Å²) in [6.45, 7) is 0.185. The lowest BCUT2D eigenvalue weighted by Gasteiger charge is -2.09. The number of aromatic nitrogens is 1. The maximum absolute atomic E-state index is 13.1. The number of amides is 3. The van der Waals surface area contributed by atoms with Gasteiger partial charge in [0.15, 0.2) is 0 Å². The van der Waals surface area contributed by atoms with Crippen LogP contribution in [0.1, 0.15) is 26.3 Å². The molecule has 0 spiro atoms. The molecule has 0 saturated carbocycles. The first-order valence-corrected chi connectivity index (χ1v) is 9.03. The van der Waals surface area contributed by atoms with Crippen molar-refractivity contribution in [3.63, 3.8) is 0 Å². The Balaban J connectivity index is 1.50. The molecule has 3 amide bonds. The summed E-state index contributed by atoms with van der Waals surface area (Å²) in [6.07, 6.45) is 2.35. The monoisotopic (exact) mass is 423 g/mol. The Morgan fingerprint density at radius 3 is 2.35 bits per heavy atom. The summed E-state index contributed by atoms with van der Waals surface area (Å²) in [6, 6.07) is 12.7. The summed E-state index contributed by atoms with van der Waals surface area (Å²) < 4.78 is 13.1. The summed E-state index contributed by atoms with van der Waals surface area (Å²) in [5.74, 6) is -1.68. The van der Waals surface area contributed by atoms with Gasteiger partial charge < -0.3 is 21.2 Å². The van der Waals surface area contributed by atoms with Gasteiger partial charge in [0.1, 0.15) is 5.82 Å². The van der Waals surface area contributed by atoms with Crippen LogP contribution < -0.4 is 21.8 Å². The number of nitrogen functional groups attached to an aromatic ring is 1. The van der Waals surface area contributed by atoms with Gasteiger partial charge in [-0.15, -0.1) is 0 Å². The Hall–Kier alpha value is -4.47. The Morgan fingerprint density at radius 2 is 1.71 bits per heavy atom. The van der Waals surface area contributed by atoms with Gasteiger partial charge in [-0.05, 0) is 54.1 Å². The van der Waals surface area contributed by atoms with E-state index in [9.17, 15) is 18.8 Å². The minimum absolute atomic E-state index is 0.0864. The van der Waals surface area contributed by atoms with Crippen molar-refractivity contribution in [3.05, 3.63) is 89.5 Å². The van der Waals surface area contributed by atoms with Crippen LogP contribution in [-0.4, -0.2) is 22.9 Å². The van der Waals surface area contributed by atoms with E-state index in [1.165, 1.54) is 36.4 Å². The van der Waals surface area contributed by atoms with Crippen molar-refractivity contribution in [3.8, 4) is 0 Å². The molecule has 0 aliphatic rings. The second kappa shape index (κ2) is 9.83. The number of rotatable bonds is 5. The predicted molar refractivity (Wildman–Crippen MR) is 110 cm³/mol. The fourth-order valence-corrected chi connectivity index (χ4v) is 2.48. The van der Waals surface area contributed by atoms with Gasteiger partial charge in [-0.1, -0.05) is 6.07 Å². The SMILES string of the molecule is Nc1cc(F)ccc1NC(=O)c1ccc(C(=O)NOC(=O)NCc2cccnc2)cc1.